The number of hydrogen-bond donors (Lipinski definition) is 1. The molecule has 0 radical (unpaired) electrons. The molecule has 7 heteroatoms. The lowest BCUT2D eigenvalue weighted by Gasteiger charge is -2.00. The molecule has 0 unspecified atom stereocenters. The van der Waals surface area contributed by atoms with Gasteiger partial charge in [-0.2, -0.15) is 5.26 Å². The minimum atomic E-state index is -1.34. The fourth-order valence-corrected chi connectivity index (χ4v) is 1.21. The van der Waals surface area contributed by atoms with Crippen LogP contribution in [0.5, 0.6) is 0 Å². The van der Waals surface area contributed by atoms with Crippen molar-refractivity contribution >= 4 is 23.3 Å². The number of halogens is 1. The van der Waals surface area contributed by atoms with Crippen LogP contribution in [0.4, 0.5) is 5.69 Å². The summed E-state index contributed by atoms with van der Waals surface area (Å²) in [5, 5.41) is 27.4. The zero-order chi connectivity index (χ0) is 11.6. The van der Waals surface area contributed by atoms with E-state index in [1.165, 1.54) is 6.07 Å². The number of nitrogens with zero attached hydrogens (tertiary/aromatic N) is 2. The van der Waals surface area contributed by atoms with E-state index in [9.17, 15) is 14.9 Å². The van der Waals surface area contributed by atoms with Crippen LogP contribution >= 0.6 is 11.6 Å². The molecular formula is C8H3ClN2O4. The largest absolute Gasteiger partial charge is 0.478 e. The van der Waals surface area contributed by atoms with Gasteiger partial charge in [0.25, 0.3) is 5.69 Å². The van der Waals surface area contributed by atoms with Gasteiger partial charge < -0.3 is 5.11 Å². The number of carbonyl (C=O) groups is 1. The van der Waals surface area contributed by atoms with Crippen molar-refractivity contribution in [3.63, 3.8) is 0 Å². The standard InChI is InChI=1S/C8H3ClN2O4/c9-6-2-7(11(14)15)4(3-10)1-5(6)8(12)13/h1-2H,(H,12,13). The van der Waals surface area contributed by atoms with Crippen LogP contribution in [0.1, 0.15) is 15.9 Å². The van der Waals surface area contributed by atoms with E-state index in [1.807, 2.05) is 0 Å². The maximum atomic E-state index is 10.6. The van der Waals surface area contributed by atoms with Crippen molar-refractivity contribution in [2.75, 3.05) is 0 Å². The smallest absolute Gasteiger partial charge is 0.337 e. The molecule has 0 aliphatic rings. The van der Waals surface area contributed by atoms with Crippen molar-refractivity contribution in [2.24, 2.45) is 0 Å². The Morgan fingerprint density at radius 3 is 2.60 bits per heavy atom. The molecule has 6 nitrogen and oxygen atoms in total. The molecule has 0 saturated carbocycles. The molecule has 0 spiro atoms. The molecule has 0 fully saturated rings. The van der Waals surface area contributed by atoms with E-state index in [0.717, 1.165) is 12.1 Å². The van der Waals surface area contributed by atoms with Gasteiger partial charge in [0.2, 0.25) is 0 Å². The summed E-state index contributed by atoms with van der Waals surface area (Å²) in [6.45, 7) is 0. The molecule has 0 bridgehead atoms. The predicted octanol–water partition coefficient (Wildman–Crippen LogP) is 1.82. The van der Waals surface area contributed by atoms with Crippen LogP contribution < -0.4 is 0 Å². The van der Waals surface area contributed by atoms with Crippen LogP contribution in [0.2, 0.25) is 5.02 Å². The van der Waals surface area contributed by atoms with Crippen LogP contribution in [-0.2, 0) is 0 Å². The molecule has 0 atom stereocenters. The Bertz CT molecular complexity index is 492. The van der Waals surface area contributed by atoms with Crippen molar-refractivity contribution in [3.05, 3.63) is 38.4 Å². The van der Waals surface area contributed by atoms with Crippen LogP contribution in [0.3, 0.4) is 0 Å². The highest BCUT2D eigenvalue weighted by molar-refractivity contribution is 6.33. The minimum Gasteiger partial charge on any atom is -0.478 e. The van der Waals surface area contributed by atoms with Gasteiger partial charge in [-0.3, -0.25) is 10.1 Å². The number of benzene rings is 1. The maximum Gasteiger partial charge on any atom is 0.337 e. The lowest BCUT2D eigenvalue weighted by molar-refractivity contribution is -0.385. The highest BCUT2D eigenvalue weighted by Crippen LogP contribution is 2.26. The van der Waals surface area contributed by atoms with Crippen molar-refractivity contribution in [1.29, 1.82) is 5.26 Å². The van der Waals surface area contributed by atoms with Crippen LogP contribution in [0.25, 0.3) is 0 Å². The number of nitro groups is 1. The fraction of sp³-hybridized carbons (Fsp3) is 0. The highest BCUT2D eigenvalue weighted by atomic mass is 35.5. The summed E-state index contributed by atoms with van der Waals surface area (Å²) in [6.07, 6.45) is 0. The molecule has 15 heavy (non-hydrogen) atoms. The first-order chi connectivity index (χ1) is 6.97. The summed E-state index contributed by atoms with van der Waals surface area (Å²) in [4.78, 5) is 20.3. The van der Waals surface area contributed by atoms with Gasteiger partial charge in [-0.1, -0.05) is 11.6 Å². The number of rotatable bonds is 2. The average Bonchev–Trinajstić information content (AvgIpc) is 2.16. The average molecular weight is 227 g/mol. The third kappa shape index (κ3) is 2.03. The number of nitro benzene ring substituents is 1. The van der Waals surface area contributed by atoms with Crippen molar-refractivity contribution in [1.82, 2.24) is 0 Å². The lowest BCUT2D eigenvalue weighted by Crippen LogP contribution is -2.01. The molecule has 0 heterocycles. The quantitative estimate of drug-likeness (QED) is 0.612. The summed E-state index contributed by atoms with van der Waals surface area (Å²) in [7, 11) is 0. The molecule has 1 N–H and O–H groups in total. The van der Waals surface area contributed by atoms with E-state index in [1.54, 1.807) is 0 Å². The van der Waals surface area contributed by atoms with Crippen molar-refractivity contribution in [2.45, 2.75) is 0 Å². The van der Waals surface area contributed by atoms with Crippen LogP contribution in [0.15, 0.2) is 12.1 Å². The van der Waals surface area contributed by atoms with E-state index in [-0.39, 0.29) is 16.1 Å². The number of carboxylic acids is 1. The normalized spacial score (nSPS) is 9.33. The minimum absolute atomic E-state index is 0.270. The first-order valence-electron chi connectivity index (χ1n) is 3.58. The zero-order valence-corrected chi connectivity index (χ0v) is 7.85. The van der Waals surface area contributed by atoms with Crippen molar-refractivity contribution in [3.8, 4) is 6.07 Å². The Hall–Kier alpha value is -2.13. The molecule has 0 aliphatic carbocycles. The van der Waals surface area contributed by atoms with Crippen LogP contribution in [-0.4, -0.2) is 16.0 Å². The Kier molecular flexibility index (Phi) is 2.87. The highest BCUT2D eigenvalue weighted by Gasteiger charge is 2.20. The van der Waals surface area contributed by atoms with Gasteiger partial charge in [0.1, 0.15) is 11.6 Å². The Morgan fingerprint density at radius 1 is 1.60 bits per heavy atom. The van der Waals surface area contributed by atoms with Gasteiger partial charge in [-0.15, -0.1) is 0 Å². The molecule has 1 aromatic carbocycles. The summed E-state index contributed by atoms with van der Waals surface area (Å²) in [5.41, 5.74) is -1.17. The predicted molar refractivity (Wildman–Crippen MR) is 49.8 cm³/mol. The van der Waals surface area contributed by atoms with Gasteiger partial charge in [0.05, 0.1) is 15.5 Å². The molecular weight excluding hydrogens is 224 g/mol. The van der Waals surface area contributed by atoms with Gasteiger partial charge in [-0.25, -0.2) is 4.79 Å². The van der Waals surface area contributed by atoms with E-state index in [4.69, 9.17) is 22.0 Å². The van der Waals surface area contributed by atoms with Gasteiger partial charge in [-0.05, 0) is 6.07 Å². The lowest BCUT2D eigenvalue weighted by atomic mass is 10.1. The molecule has 0 saturated heterocycles. The molecule has 0 amide bonds. The molecule has 1 aromatic rings. The van der Waals surface area contributed by atoms with Gasteiger partial charge in [0.15, 0.2) is 0 Å². The number of aromatic carboxylic acids is 1. The topological polar surface area (TPSA) is 104 Å². The Morgan fingerprint density at radius 2 is 2.20 bits per heavy atom. The number of hydrogen-bond acceptors (Lipinski definition) is 4. The Labute approximate surface area is 88.5 Å². The summed E-state index contributed by atoms with van der Waals surface area (Å²) >= 11 is 5.50. The van der Waals surface area contributed by atoms with E-state index < -0.39 is 16.6 Å². The molecule has 1 rings (SSSR count). The SMILES string of the molecule is N#Cc1cc(C(=O)O)c(Cl)cc1[N+](=O)[O-]. The Balaban J connectivity index is 3.51. The third-order valence-corrected chi connectivity index (χ3v) is 1.95. The number of nitriles is 1. The first-order valence-corrected chi connectivity index (χ1v) is 3.96. The maximum absolute atomic E-state index is 10.6. The van der Waals surface area contributed by atoms with Crippen LogP contribution in [0, 0.1) is 21.4 Å². The van der Waals surface area contributed by atoms with Crippen molar-refractivity contribution < 1.29 is 14.8 Å². The molecule has 0 aromatic heterocycles. The van der Waals surface area contributed by atoms with E-state index >= 15 is 0 Å². The third-order valence-electron chi connectivity index (χ3n) is 1.63. The van der Waals surface area contributed by atoms with Gasteiger partial charge in [0, 0.05) is 6.07 Å². The first kappa shape index (κ1) is 10.9. The second kappa shape index (κ2) is 3.94. The second-order valence-corrected chi connectivity index (χ2v) is 2.93. The monoisotopic (exact) mass is 226 g/mol. The molecule has 0 aliphatic heterocycles. The van der Waals surface area contributed by atoms with Gasteiger partial charge >= 0.3 is 5.97 Å². The molecule has 76 valence electrons. The number of carboxylic acid groups (broad SMARTS) is 1. The van der Waals surface area contributed by atoms with E-state index in [0.29, 0.717) is 0 Å². The summed E-state index contributed by atoms with van der Waals surface area (Å²) in [6, 6.07) is 3.26. The van der Waals surface area contributed by atoms with E-state index in [2.05, 4.69) is 0 Å². The fourth-order valence-electron chi connectivity index (χ4n) is 0.967. The summed E-state index contributed by atoms with van der Waals surface area (Å²) in [5.74, 6) is -1.34. The second-order valence-electron chi connectivity index (χ2n) is 2.52. The zero-order valence-electron chi connectivity index (χ0n) is 7.10. The summed E-state index contributed by atoms with van der Waals surface area (Å²) < 4.78 is 0.